The molecule has 0 radical (unpaired) electrons. The Morgan fingerprint density at radius 2 is 0.811 bits per heavy atom. The van der Waals surface area contributed by atoms with Crippen molar-refractivity contribution in [3.05, 3.63) is 186 Å². The summed E-state index contributed by atoms with van der Waals surface area (Å²) in [4.78, 5) is 9.68. The Hall–Kier alpha value is -6.39. The van der Waals surface area contributed by atoms with Crippen molar-refractivity contribution in [2.45, 2.75) is 38.5 Å². The van der Waals surface area contributed by atoms with Gasteiger partial charge in [-0.1, -0.05) is 125 Å². The maximum absolute atomic E-state index is 6.14. The maximum Gasteiger partial charge on any atom is 0.227 e. The largest absolute Gasteiger partial charge is 0.436 e. The van der Waals surface area contributed by atoms with E-state index in [0.717, 1.165) is 39.2 Å². The van der Waals surface area contributed by atoms with E-state index in [2.05, 4.69) is 177 Å². The highest BCUT2D eigenvalue weighted by Gasteiger charge is 2.39. The van der Waals surface area contributed by atoms with Gasteiger partial charge in [0.25, 0.3) is 0 Å². The van der Waals surface area contributed by atoms with Crippen LogP contribution in [0.2, 0.25) is 0 Å². The number of anilines is 6. The lowest BCUT2D eigenvalue weighted by molar-refractivity contribution is 0.620. The molecule has 0 spiro atoms. The Labute approximate surface area is 310 Å². The summed E-state index contributed by atoms with van der Waals surface area (Å²) >= 11 is 0. The molecule has 8 aromatic rings. The van der Waals surface area contributed by atoms with Crippen molar-refractivity contribution in [1.82, 2.24) is 4.98 Å². The lowest BCUT2D eigenvalue weighted by atomic mass is 9.73. The summed E-state index contributed by atoms with van der Waals surface area (Å²) in [6, 6.07) is 59.1. The standard InChI is InChI=1S/C49H39N3O/c1-48(2)37-15-5-10-20-42(37)51(43-21-11-6-16-38(43)48)35-29-34(32-25-27-33(28-26-32)47-50-41-19-9-14-24-46(41)53-47)30-36(31-35)52-44-22-12-7-17-39(44)49(3,4)40-18-8-13-23-45(40)52/h5-31H,1-4H3. The smallest absolute Gasteiger partial charge is 0.227 e. The zero-order valence-corrected chi connectivity index (χ0v) is 30.3. The molecule has 4 heteroatoms. The van der Waals surface area contributed by atoms with Gasteiger partial charge in [0.2, 0.25) is 5.89 Å². The Balaban J connectivity index is 1.20. The summed E-state index contributed by atoms with van der Waals surface area (Å²) < 4.78 is 6.14. The van der Waals surface area contributed by atoms with Gasteiger partial charge in [0.05, 0.1) is 22.7 Å². The fraction of sp³-hybridized carbons (Fsp3) is 0.122. The van der Waals surface area contributed by atoms with E-state index in [1.54, 1.807) is 0 Å². The molecule has 0 saturated carbocycles. The van der Waals surface area contributed by atoms with Crippen LogP contribution in [0.4, 0.5) is 34.1 Å². The molecule has 0 amide bonds. The molecular formula is C49H39N3O. The highest BCUT2D eigenvalue weighted by molar-refractivity contribution is 5.93. The highest BCUT2D eigenvalue weighted by Crippen LogP contribution is 2.55. The number of rotatable bonds is 4. The first kappa shape index (κ1) is 31.4. The van der Waals surface area contributed by atoms with Crippen molar-refractivity contribution in [2.24, 2.45) is 0 Å². The van der Waals surface area contributed by atoms with Crippen LogP contribution in [0.5, 0.6) is 0 Å². The first-order valence-electron chi connectivity index (χ1n) is 18.4. The highest BCUT2D eigenvalue weighted by atomic mass is 16.3. The molecule has 2 aliphatic heterocycles. The first-order valence-corrected chi connectivity index (χ1v) is 18.4. The van der Waals surface area contributed by atoms with Crippen LogP contribution in [0.1, 0.15) is 49.9 Å². The van der Waals surface area contributed by atoms with Gasteiger partial charge in [0, 0.05) is 27.8 Å². The minimum Gasteiger partial charge on any atom is -0.436 e. The third-order valence-electron chi connectivity index (χ3n) is 11.5. The Bertz CT molecular complexity index is 2440. The molecule has 53 heavy (non-hydrogen) atoms. The van der Waals surface area contributed by atoms with Crippen molar-refractivity contribution in [3.8, 4) is 22.6 Å². The van der Waals surface area contributed by atoms with Crippen LogP contribution in [-0.2, 0) is 10.8 Å². The Morgan fingerprint density at radius 1 is 0.415 bits per heavy atom. The van der Waals surface area contributed by atoms with Crippen LogP contribution in [-0.4, -0.2) is 4.98 Å². The number of para-hydroxylation sites is 6. The number of oxazole rings is 1. The van der Waals surface area contributed by atoms with Gasteiger partial charge in [-0.3, -0.25) is 0 Å². The molecule has 0 atom stereocenters. The summed E-state index contributed by atoms with van der Waals surface area (Å²) in [5, 5.41) is 0. The molecule has 3 heterocycles. The maximum atomic E-state index is 6.14. The van der Waals surface area contributed by atoms with Gasteiger partial charge in [-0.15, -0.1) is 0 Å². The predicted octanol–water partition coefficient (Wildman–Crippen LogP) is 13.4. The van der Waals surface area contributed by atoms with Crippen LogP contribution in [0, 0.1) is 0 Å². The van der Waals surface area contributed by atoms with E-state index in [9.17, 15) is 0 Å². The Kier molecular flexibility index (Phi) is 6.84. The van der Waals surface area contributed by atoms with Crippen LogP contribution < -0.4 is 9.80 Å². The summed E-state index contributed by atoms with van der Waals surface area (Å²) in [7, 11) is 0. The molecular weight excluding hydrogens is 647 g/mol. The fourth-order valence-corrected chi connectivity index (χ4v) is 8.72. The van der Waals surface area contributed by atoms with Gasteiger partial charge in [0.1, 0.15) is 5.52 Å². The average molecular weight is 686 g/mol. The number of hydrogen-bond acceptors (Lipinski definition) is 4. The van der Waals surface area contributed by atoms with E-state index in [1.807, 2.05) is 24.3 Å². The van der Waals surface area contributed by atoms with Gasteiger partial charge < -0.3 is 14.2 Å². The second-order valence-corrected chi connectivity index (χ2v) is 15.3. The number of nitrogens with zero attached hydrogens (tertiary/aromatic N) is 3. The van der Waals surface area contributed by atoms with Crippen molar-refractivity contribution in [3.63, 3.8) is 0 Å². The molecule has 256 valence electrons. The lowest BCUT2D eigenvalue weighted by Gasteiger charge is -2.43. The number of aromatic nitrogens is 1. The van der Waals surface area contributed by atoms with Gasteiger partial charge >= 0.3 is 0 Å². The van der Waals surface area contributed by atoms with Crippen LogP contribution >= 0.6 is 0 Å². The monoisotopic (exact) mass is 685 g/mol. The van der Waals surface area contributed by atoms with E-state index in [0.29, 0.717) is 5.89 Å². The molecule has 7 aromatic carbocycles. The molecule has 2 aliphatic rings. The van der Waals surface area contributed by atoms with E-state index in [-0.39, 0.29) is 10.8 Å². The molecule has 4 nitrogen and oxygen atoms in total. The van der Waals surface area contributed by atoms with Crippen LogP contribution in [0.3, 0.4) is 0 Å². The SMILES string of the molecule is CC1(C)c2ccccc2N(c2cc(-c3ccc(-c4nc5ccccc5o4)cc3)cc(N3c4ccccc4C(C)(C)c4ccccc43)c2)c2ccccc21. The topological polar surface area (TPSA) is 32.5 Å². The Morgan fingerprint density at radius 3 is 1.26 bits per heavy atom. The van der Waals surface area contributed by atoms with Gasteiger partial charge in [-0.2, -0.15) is 0 Å². The van der Waals surface area contributed by atoms with E-state index in [1.165, 1.54) is 45.0 Å². The van der Waals surface area contributed by atoms with Gasteiger partial charge in [-0.05, 0) is 100 Å². The molecule has 0 fully saturated rings. The first-order chi connectivity index (χ1) is 25.8. The van der Waals surface area contributed by atoms with E-state index in [4.69, 9.17) is 9.40 Å². The predicted molar refractivity (Wildman–Crippen MR) is 219 cm³/mol. The van der Waals surface area contributed by atoms with Crippen molar-refractivity contribution < 1.29 is 4.42 Å². The molecule has 0 aliphatic carbocycles. The van der Waals surface area contributed by atoms with Crippen molar-refractivity contribution in [1.29, 1.82) is 0 Å². The molecule has 10 rings (SSSR count). The fourth-order valence-electron chi connectivity index (χ4n) is 8.72. The van der Waals surface area contributed by atoms with Crippen LogP contribution in [0.15, 0.2) is 168 Å². The summed E-state index contributed by atoms with van der Waals surface area (Å²) in [6.45, 7) is 9.36. The van der Waals surface area contributed by atoms with E-state index >= 15 is 0 Å². The quantitative estimate of drug-likeness (QED) is 0.185. The number of hydrogen-bond donors (Lipinski definition) is 0. The third-order valence-corrected chi connectivity index (χ3v) is 11.5. The number of fused-ring (bicyclic) bond motifs is 5. The molecule has 0 bridgehead atoms. The summed E-state index contributed by atoms with van der Waals surface area (Å²) in [6.07, 6.45) is 0. The molecule has 0 N–H and O–H groups in total. The number of benzene rings is 7. The zero-order chi connectivity index (χ0) is 35.9. The van der Waals surface area contributed by atoms with Crippen molar-refractivity contribution >= 4 is 45.2 Å². The average Bonchev–Trinajstić information content (AvgIpc) is 3.63. The second-order valence-electron chi connectivity index (χ2n) is 15.3. The van der Waals surface area contributed by atoms with E-state index < -0.39 is 0 Å². The third kappa shape index (κ3) is 4.79. The minimum atomic E-state index is -0.152. The molecule has 0 saturated heterocycles. The summed E-state index contributed by atoms with van der Waals surface area (Å²) in [5.74, 6) is 0.625. The van der Waals surface area contributed by atoms with Gasteiger partial charge in [-0.25, -0.2) is 4.98 Å². The van der Waals surface area contributed by atoms with Gasteiger partial charge in [0.15, 0.2) is 5.58 Å². The molecule has 0 unspecified atom stereocenters. The second kappa shape index (κ2) is 11.6. The lowest BCUT2D eigenvalue weighted by Crippen LogP contribution is -2.31. The normalized spacial score (nSPS) is 15.0. The van der Waals surface area contributed by atoms with Crippen molar-refractivity contribution in [2.75, 3.05) is 9.80 Å². The molecule has 1 aromatic heterocycles. The zero-order valence-electron chi connectivity index (χ0n) is 30.3. The minimum absolute atomic E-state index is 0.152. The summed E-state index contributed by atoms with van der Waals surface area (Å²) in [5.41, 5.74) is 16.8. The van der Waals surface area contributed by atoms with Crippen LogP contribution in [0.25, 0.3) is 33.7 Å².